The van der Waals surface area contributed by atoms with Crippen LogP contribution >= 0.6 is 28.3 Å². The van der Waals surface area contributed by atoms with Crippen molar-refractivity contribution in [1.82, 2.24) is 9.88 Å². The minimum atomic E-state index is 0. The van der Waals surface area contributed by atoms with Crippen LogP contribution in [0.3, 0.4) is 0 Å². The maximum Gasteiger partial charge on any atom is 0.141 e. The number of phenols is 1. The number of aromatic nitrogens is 1. The van der Waals surface area contributed by atoms with Crippen molar-refractivity contribution in [3.05, 3.63) is 88.1 Å². The maximum atomic E-state index is 9.97. The van der Waals surface area contributed by atoms with Crippen LogP contribution in [0.4, 0.5) is 0 Å². The zero-order chi connectivity index (χ0) is 18.6. The molecule has 2 heterocycles. The van der Waals surface area contributed by atoms with Crippen molar-refractivity contribution in [1.29, 1.82) is 0 Å². The summed E-state index contributed by atoms with van der Waals surface area (Å²) in [4.78, 5) is 7.01. The molecule has 3 nitrogen and oxygen atoms in total. The zero-order valence-electron chi connectivity index (χ0n) is 15.4. The molecule has 2 aromatic carbocycles. The highest BCUT2D eigenvalue weighted by atomic mass is 79.9. The van der Waals surface area contributed by atoms with Crippen LogP contribution in [0.5, 0.6) is 5.75 Å². The molecule has 0 fully saturated rings. The van der Waals surface area contributed by atoms with E-state index in [4.69, 9.17) is 0 Å². The van der Waals surface area contributed by atoms with Crippen LogP contribution in [0, 0.1) is 0 Å². The van der Waals surface area contributed by atoms with Gasteiger partial charge in [0.25, 0.3) is 0 Å². The molecule has 1 N–H and O–H groups in total. The Bertz CT molecular complexity index is 1030. The number of fused-ring (bicyclic) bond motifs is 1. The van der Waals surface area contributed by atoms with E-state index in [0.717, 1.165) is 41.6 Å². The number of halogens is 2. The average molecular weight is 458 g/mol. The van der Waals surface area contributed by atoms with Crippen molar-refractivity contribution in [2.24, 2.45) is 0 Å². The predicted molar refractivity (Wildman–Crippen MR) is 122 cm³/mol. The molecule has 1 aliphatic heterocycles. The van der Waals surface area contributed by atoms with Gasteiger partial charge in [0, 0.05) is 29.5 Å². The van der Waals surface area contributed by atoms with E-state index in [9.17, 15) is 5.11 Å². The molecule has 0 unspecified atom stereocenters. The smallest absolute Gasteiger partial charge is 0.141 e. The minimum Gasteiger partial charge on any atom is -0.506 e. The maximum absolute atomic E-state index is 9.97. The van der Waals surface area contributed by atoms with Gasteiger partial charge in [-0.05, 0) is 47.9 Å². The largest absolute Gasteiger partial charge is 0.506 e. The van der Waals surface area contributed by atoms with Crippen LogP contribution in [0.2, 0.25) is 0 Å². The van der Waals surface area contributed by atoms with Gasteiger partial charge < -0.3 is 5.11 Å². The molecular formula is C23H22BrClN2O. The summed E-state index contributed by atoms with van der Waals surface area (Å²) in [6.07, 6.45) is 7.49. The van der Waals surface area contributed by atoms with Gasteiger partial charge >= 0.3 is 0 Å². The summed E-state index contributed by atoms with van der Waals surface area (Å²) < 4.78 is 1.13. The highest BCUT2D eigenvalue weighted by molar-refractivity contribution is 9.10. The molecule has 0 saturated heterocycles. The molecule has 0 amide bonds. The average Bonchev–Trinajstić information content (AvgIpc) is 2.68. The van der Waals surface area contributed by atoms with Gasteiger partial charge in [0.05, 0.1) is 5.69 Å². The van der Waals surface area contributed by atoms with E-state index < -0.39 is 0 Å². The lowest BCUT2D eigenvalue weighted by atomic mass is 10.1. The standard InChI is InChI=1S/C23H21BrN2O.ClH/c24-20-5-1-3-18(15-20)16-26-13-11-17(12-14-26)7-9-21-10-8-19-4-2-6-22(27)23(19)25-21;/h1-11,15,27H,12-14,16H2;1H/b9-7+;. The first-order chi connectivity index (χ1) is 13.2. The Morgan fingerprint density at radius 3 is 2.71 bits per heavy atom. The molecule has 0 aliphatic carbocycles. The molecule has 0 atom stereocenters. The summed E-state index contributed by atoms with van der Waals surface area (Å²) in [6, 6.07) is 17.9. The first-order valence-corrected chi connectivity index (χ1v) is 9.89. The molecule has 1 aromatic heterocycles. The van der Waals surface area contributed by atoms with Crippen LogP contribution in [0.15, 0.2) is 76.8 Å². The molecule has 0 bridgehead atoms. The van der Waals surface area contributed by atoms with Gasteiger partial charge in [0.1, 0.15) is 11.3 Å². The summed E-state index contributed by atoms with van der Waals surface area (Å²) in [5.41, 5.74) is 4.18. The second-order valence-electron chi connectivity index (χ2n) is 6.81. The van der Waals surface area contributed by atoms with E-state index in [0.29, 0.717) is 5.52 Å². The molecule has 1 aliphatic rings. The van der Waals surface area contributed by atoms with Crippen molar-refractivity contribution in [2.75, 3.05) is 13.1 Å². The third kappa shape index (κ3) is 5.02. The Morgan fingerprint density at radius 1 is 1.07 bits per heavy atom. The third-order valence-corrected chi connectivity index (χ3v) is 5.31. The highest BCUT2D eigenvalue weighted by Gasteiger charge is 2.11. The highest BCUT2D eigenvalue weighted by Crippen LogP contribution is 2.23. The van der Waals surface area contributed by atoms with Crippen molar-refractivity contribution in [3.8, 4) is 5.75 Å². The number of hydrogen-bond acceptors (Lipinski definition) is 3. The van der Waals surface area contributed by atoms with E-state index in [1.54, 1.807) is 6.07 Å². The topological polar surface area (TPSA) is 36.4 Å². The predicted octanol–water partition coefficient (Wildman–Crippen LogP) is 5.97. The van der Waals surface area contributed by atoms with Crippen molar-refractivity contribution >= 4 is 45.3 Å². The van der Waals surface area contributed by atoms with Crippen LogP contribution in [0.1, 0.15) is 17.7 Å². The van der Waals surface area contributed by atoms with Crippen molar-refractivity contribution in [3.63, 3.8) is 0 Å². The molecule has 4 rings (SSSR count). The van der Waals surface area contributed by atoms with E-state index in [-0.39, 0.29) is 18.2 Å². The number of aromatic hydroxyl groups is 1. The lowest BCUT2D eigenvalue weighted by Gasteiger charge is -2.25. The van der Waals surface area contributed by atoms with Crippen LogP contribution in [-0.2, 0) is 6.54 Å². The van der Waals surface area contributed by atoms with Gasteiger partial charge in [-0.2, -0.15) is 0 Å². The normalized spacial score (nSPS) is 14.8. The number of phenolic OH excluding ortho intramolecular Hbond substituents is 1. The molecule has 0 radical (unpaired) electrons. The van der Waals surface area contributed by atoms with E-state index in [2.05, 4.69) is 62.2 Å². The zero-order valence-corrected chi connectivity index (χ0v) is 17.8. The van der Waals surface area contributed by atoms with Gasteiger partial charge in [0.2, 0.25) is 0 Å². The SMILES string of the molecule is Cl.Oc1cccc2ccc(/C=C/C3=CCN(Cc4cccc(Br)c4)CC3)nc12. The first-order valence-electron chi connectivity index (χ1n) is 9.10. The summed E-state index contributed by atoms with van der Waals surface area (Å²) in [5.74, 6) is 0.225. The Balaban J connectivity index is 0.00000225. The Hall–Kier alpha value is -2.14. The second kappa shape index (κ2) is 9.37. The van der Waals surface area contributed by atoms with Crippen LogP contribution < -0.4 is 0 Å². The molecule has 3 aromatic rings. The molecular weight excluding hydrogens is 436 g/mol. The number of hydrogen-bond donors (Lipinski definition) is 1. The minimum absolute atomic E-state index is 0. The molecule has 144 valence electrons. The number of benzene rings is 2. The monoisotopic (exact) mass is 456 g/mol. The van der Waals surface area contributed by atoms with Crippen LogP contribution in [-0.4, -0.2) is 28.1 Å². The van der Waals surface area contributed by atoms with Crippen LogP contribution in [0.25, 0.3) is 17.0 Å². The second-order valence-corrected chi connectivity index (χ2v) is 7.73. The quantitative estimate of drug-likeness (QED) is 0.524. The van der Waals surface area contributed by atoms with E-state index in [1.807, 2.05) is 30.3 Å². The molecule has 0 spiro atoms. The van der Waals surface area contributed by atoms with Crippen molar-refractivity contribution in [2.45, 2.75) is 13.0 Å². The van der Waals surface area contributed by atoms with Gasteiger partial charge in [0.15, 0.2) is 0 Å². The molecule has 0 saturated carbocycles. The number of rotatable bonds is 4. The fourth-order valence-electron chi connectivity index (χ4n) is 3.35. The Morgan fingerprint density at radius 2 is 1.93 bits per heavy atom. The summed E-state index contributed by atoms with van der Waals surface area (Å²) in [5, 5.41) is 10.9. The van der Waals surface area contributed by atoms with Gasteiger partial charge in [-0.3, -0.25) is 4.90 Å². The van der Waals surface area contributed by atoms with Crippen molar-refractivity contribution < 1.29 is 5.11 Å². The Kier molecular flexibility index (Phi) is 6.89. The summed E-state index contributed by atoms with van der Waals surface area (Å²) >= 11 is 3.54. The van der Waals surface area contributed by atoms with E-state index >= 15 is 0 Å². The summed E-state index contributed by atoms with van der Waals surface area (Å²) in [7, 11) is 0. The van der Waals surface area contributed by atoms with E-state index in [1.165, 1.54) is 11.1 Å². The first kappa shape index (κ1) is 20.6. The number of pyridine rings is 1. The molecule has 5 heteroatoms. The fourth-order valence-corrected chi connectivity index (χ4v) is 3.79. The van der Waals surface area contributed by atoms with Gasteiger partial charge in [-0.1, -0.05) is 58.4 Å². The fraction of sp³-hybridized carbons (Fsp3) is 0.174. The lowest BCUT2D eigenvalue weighted by Crippen LogP contribution is -2.28. The lowest BCUT2D eigenvalue weighted by molar-refractivity contribution is 0.287. The van der Waals surface area contributed by atoms with Gasteiger partial charge in [-0.25, -0.2) is 4.98 Å². The number of para-hydroxylation sites is 1. The number of nitrogens with zero attached hydrogens (tertiary/aromatic N) is 2. The molecule has 28 heavy (non-hydrogen) atoms. The van der Waals surface area contributed by atoms with Gasteiger partial charge in [-0.15, -0.1) is 12.4 Å². The summed E-state index contributed by atoms with van der Waals surface area (Å²) in [6.45, 7) is 2.98. The number of allylic oxidation sites excluding steroid dienone is 1. The Labute approximate surface area is 179 Å². The third-order valence-electron chi connectivity index (χ3n) is 4.81.